The zero-order valence-corrected chi connectivity index (χ0v) is 15.5. The Balaban J connectivity index is 1.91. The van der Waals surface area contributed by atoms with Gasteiger partial charge >= 0.3 is 11.3 Å². The molecule has 7 heteroatoms. The molecule has 2 aromatic carbocycles. The molecule has 3 aromatic heterocycles. The molecule has 0 saturated carbocycles. The second kappa shape index (κ2) is 5.88. The van der Waals surface area contributed by atoms with Gasteiger partial charge in [-0.2, -0.15) is 0 Å². The molecular formula is C21H17N5O2. The minimum atomic E-state index is -0.438. The first-order chi connectivity index (χ1) is 13.6. The van der Waals surface area contributed by atoms with Crippen LogP contribution >= 0.6 is 0 Å². The maximum atomic E-state index is 12.9. The number of rotatable bonds is 2. The molecule has 0 fully saturated rings. The minimum absolute atomic E-state index is 0.127. The van der Waals surface area contributed by atoms with Gasteiger partial charge in [0.25, 0.3) is 0 Å². The lowest BCUT2D eigenvalue weighted by Gasteiger charge is -2.15. The molecule has 0 atom stereocenters. The van der Waals surface area contributed by atoms with Gasteiger partial charge in [0, 0.05) is 18.3 Å². The average molecular weight is 371 g/mol. The Hall–Kier alpha value is -3.74. The highest BCUT2D eigenvalue weighted by molar-refractivity contribution is 6.04. The van der Waals surface area contributed by atoms with E-state index in [1.807, 2.05) is 66.2 Å². The molecule has 0 aliphatic rings. The first-order valence-electron chi connectivity index (χ1n) is 8.98. The van der Waals surface area contributed by atoms with E-state index in [4.69, 9.17) is 4.98 Å². The van der Waals surface area contributed by atoms with E-state index < -0.39 is 5.56 Å². The van der Waals surface area contributed by atoms with Gasteiger partial charge in [-0.25, -0.2) is 9.36 Å². The van der Waals surface area contributed by atoms with Crippen molar-refractivity contribution in [2.24, 2.45) is 7.05 Å². The first-order valence-corrected chi connectivity index (χ1v) is 8.98. The van der Waals surface area contributed by atoms with E-state index in [1.165, 1.54) is 16.0 Å². The van der Waals surface area contributed by atoms with E-state index in [-0.39, 0.29) is 17.2 Å². The third kappa shape index (κ3) is 2.22. The van der Waals surface area contributed by atoms with E-state index in [0.29, 0.717) is 17.7 Å². The zero-order chi connectivity index (χ0) is 19.4. The van der Waals surface area contributed by atoms with E-state index in [0.717, 1.165) is 16.5 Å². The maximum Gasteiger partial charge on any atom is 0.428 e. The molecule has 0 saturated heterocycles. The summed E-state index contributed by atoms with van der Waals surface area (Å²) in [5, 5.41) is 18.4. The third-order valence-corrected chi connectivity index (χ3v) is 5.15. The van der Waals surface area contributed by atoms with E-state index >= 15 is 0 Å². The lowest BCUT2D eigenvalue weighted by Crippen LogP contribution is -2.46. The monoisotopic (exact) mass is 371 g/mol. The van der Waals surface area contributed by atoms with Crippen molar-refractivity contribution in [3.8, 4) is 5.88 Å². The summed E-state index contributed by atoms with van der Waals surface area (Å²) in [4.78, 5) is 17.5. The van der Waals surface area contributed by atoms with Crippen LogP contribution < -0.4 is 15.2 Å². The molecule has 138 valence electrons. The topological polar surface area (TPSA) is 79.1 Å². The fourth-order valence-electron chi connectivity index (χ4n) is 3.64. The number of hydrogen-bond acceptors (Lipinski definition) is 4. The van der Waals surface area contributed by atoms with Crippen LogP contribution in [0, 0.1) is 6.92 Å². The zero-order valence-electron chi connectivity index (χ0n) is 15.5. The Kier molecular flexibility index (Phi) is 3.45. The number of para-hydroxylation sites is 1. The maximum absolute atomic E-state index is 12.9. The largest absolute Gasteiger partial charge is 0.848 e. The highest BCUT2D eigenvalue weighted by Crippen LogP contribution is 2.24. The summed E-state index contributed by atoms with van der Waals surface area (Å²) in [6, 6.07) is 17.4. The van der Waals surface area contributed by atoms with Crippen LogP contribution in [-0.4, -0.2) is 19.2 Å². The van der Waals surface area contributed by atoms with Crippen LogP contribution in [-0.2, 0) is 13.6 Å². The van der Waals surface area contributed by atoms with Crippen molar-refractivity contribution >= 4 is 27.8 Å². The molecular weight excluding hydrogens is 354 g/mol. The fraction of sp³-hybridized carbons (Fsp3) is 0.143. The van der Waals surface area contributed by atoms with E-state index in [1.54, 1.807) is 0 Å². The predicted molar refractivity (Wildman–Crippen MR) is 103 cm³/mol. The Morgan fingerprint density at radius 2 is 1.79 bits per heavy atom. The number of nitrogens with zero attached hydrogens (tertiary/aromatic N) is 5. The lowest BCUT2D eigenvalue weighted by molar-refractivity contribution is -0.711. The van der Waals surface area contributed by atoms with Crippen LogP contribution in [0.25, 0.3) is 27.8 Å². The van der Waals surface area contributed by atoms with Gasteiger partial charge in [0.15, 0.2) is 5.52 Å². The van der Waals surface area contributed by atoms with Gasteiger partial charge in [0.2, 0.25) is 5.65 Å². The van der Waals surface area contributed by atoms with Crippen molar-refractivity contribution in [2.75, 3.05) is 0 Å². The molecule has 0 bridgehead atoms. The van der Waals surface area contributed by atoms with Crippen molar-refractivity contribution < 1.29 is 9.67 Å². The Bertz CT molecular complexity index is 1430. The van der Waals surface area contributed by atoms with Crippen molar-refractivity contribution in [1.82, 2.24) is 19.2 Å². The predicted octanol–water partition coefficient (Wildman–Crippen LogP) is 1.45. The van der Waals surface area contributed by atoms with Gasteiger partial charge in [-0.15, -0.1) is 0 Å². The highest BCUT2D eigenvalue weighted by Gasteiger charge is 2.23. The number of aryl methyl sites for hydroxylation is 1. The van der Waals surface area contributed by atoms with Crippen molar-refractivity contribution in [3.63, 3.8) is 0 Å². The Morgan fingerprint density at radius 1 is 1.07 bits per heavy atom. The molecule has 0 N–H and O–H groups in total. The molecule has 0 amide bonds. The summed E-state index contributed by atoms with van der Waals surface area (Å²) in [5.74, 6) is -0.107. The lowest BCUT2D eigenvalue weighted by atomic mass is 10.2. The van der Waals surface area contributed by atoms with Crippen molar-refractivity contribution in [2.45, 2.75) is 13.5 Å². The Labute approximate surface area is 159 Å². The minimum Gasteiger partial charge on any atom is -0.848 e. The van der Waals surface area contributed by atoms with Crippen molar-refractivity contribution in [3.05, 3.63) is 76.1 Å². The third-order valence-electron chi connectivity index (χ3n) is 5.15. The summed E-state index contributed by atoms with van der Waals surface area (Å²) < 4.78 is 4.68. The summed E-state index contributed by atoms with van der Waals surface area (Å²) in [5.41, 5.74) is 2.87. The van der Waals surface area contributed by atoms with Crippen LogP contribution in [0.2, 0.25) is 0 Å². The van der Waals surface area contributed by atoms with Gasteiger partial charge < -0.3 is 9.67 Å². The average Bonchev–Trinajstić information content (AvgIpc) is 3.01. The molecule has 5 rings (SSSR count). The quantitative estimate of drug-likeness (QED) is 0.440. The number of fused-ring (bicyclic) bond motifs is 4. The molecule has 3 heterocycles. The van der Waals surface area contributed by atoms with Crippen LogP contribution in [0.5, 0.6) is 5.88 Å². The second-order valence-corrected chi connectivity index (χ2v) is 6.88. The standard InChI is InChI=1S/C21H17N5O2/c1-13-19(27)25(12-14-8-4-3-5-9-14)21-22-18-17(23-26(21)20(13)28)15-10-6-7-11-16(15)24(18)2/h3-11H,12H2,1-2H3. The first kappa shape index (κ1) is 16.4. The molecule has 0 unspecified atom stereocenters. The number of aromatic nitrogens is 5. The SMILES string of the molecule is Cc1c([O-])[n+](Cc2ccccc2)c2nc3c(nn2c1=O)c1ccccc1n3C. The molecule has 7 nitrogen and oxygen atoms in total. The van der Waals surface area contributed by atoms with E-state index in [9.17, 15) is 9.90 Å². The second-order valence-electron chi connectivity index (χ2n) is 6.88. The van der Waals surface area contributed by atoms with Crippen LogP contribution in [0.3, 0.4) is 0 Å². The molecule has 0 spiro atoms. The summed E-state index contributed by atoms with van der Waals surface area (Å²) >= 11 is 0. The number of benzene rings is 2. The van der Waals surface area contributed by atoms with Crippen LogP contribution in [0.1, 0.15) is 11.1 Å². The normalized spacial score (nSPS) is 11.6. The summed E-state index contributed by atoms with van der Waals surface area (Å²) in [7, 11) is 1.90. The molecule has 0 aliphatic heterocycles. The van der Waals surface area contributed by atoms with Crippen molar-refractivity contribution in [1.29, 1.82) is 0 Å². The van der Waals surface area contributed by atoms with Gasteiger partial charge in [-0.1, -0.05) is 58.1 Å². The van der Waals surface area contributed by atoms with Gasteiger partial charge in [0.1, 0.15) is 0 Å². The van der Waals surface area contributed by atoms with E-state index in [2.05, 4.69) is 5.10 Å². The molecule has 5 aromatic rings. The molecule has 0 aliphatic carbocycles. The van der Waals surface area contributed by atoms with Gasteiger partial charge in [0.05, 0.1) is 17.6 Å². The smallest absolute Gasteiger partial charge is 0.428 e. The van der Waals surface area contributed by atoms with Gasteiger partial charge in [-0.3, -0.25) is 0 Å². The highest BCUT2D eigenvalue weighted by atomic mass is 16.3. The van der Waals surface area contributed by atoms with Crippen LogP contribution in [0.15, 0.2) is 59.4 Å². The summed E-state index contributed by atoms with van der Waals surface area (Å²) in [6.45, 7) is 1.85. The number of hydrogen-bond donors (Lipinski definition) is 0. The fourth-order valence-corrected chi connectivity index (χ4v) is 3.64. The van der Waals surface area contributed by atoms with Gasteiger partial charge in [-0.05, 0) is 23.5 Å². The molecule has 0 radical (unpaired) electrons. The Morgan fingerprint density at radius 3 is 2.57 bits per heavy atom. The molecule has 28 heavy (non-hydrogen) atoms. The van der Waals surface area contributed by atoms with Crippen LogP contribution in [0.4, 0.5) is 0 Å². The summed E-state index contributed by atoms with van der Waals surface area (Å²) in [6.07, 6.45) is 0.